The molecule has 1 saturated carbocycles. The minimum Gasteiger partial charge on any atom is -0.351 e. The van der Waals surface area contributed by atoms with Crippen LogP contribution in [0.2, 0.25) is 0 Å². The average Bonchev–Trinajstić information content (AvgIpc) is 2.94. The van der Waals surface area contributed by atoms with E-state index < -0.39 is 6.04 Å². The second-order valence-electron chi connectivity index (χ2n) is 4.22. The van der Waals surface area contributed by atoms with Gasteiger partial charge in [-0.25, -0.2) is 0 Å². The maximum absolute atomic E-state index is 11.7. The number of benzene rings is 1. The van der Waals surface area contributed by atoms with Crippen LogP contribution in [0, 0.1) is 5.92 Å². The summed E-state index contributed by atoms with van der Waals surface area (Å²) in [6.45, 7) is 2.12. The summed E-state index contributed by atoms with van der Waals surface area (Å²) in [5, 5.41) is 2.94. The molecule has 0 aromatic heterocycles. The summed E-state index contributed by atoms with van der Waals surface area (Å²) < 4.78 is 0. The van der Waals surface area contributed by atoms with Gasteiger partial charge in [0.15, 0.2) is 0 Å². The first-order valence-corrected chi connectivity index (χ1v) is 5.29. The third kappa shape index (κ3) is 2.36. The molecule has 15 heavy (non-hydrogen) atoms. The van der Waals surface area contributed by atoms with Gasteiger partial charge in [-0.05, 0) is 17.9 Å². The van der Waals surface area contributed by atoms with E-state index in [1.54, 1.807) is 0 Å². The van der Waals surface area contributed by atoms with Gasteiger partial charge in [0.2, 0.25) is 5.91 Å². The van der Waals surface area contributed by atoms with Crippen LogP contribution in [-0.4, -0.2) is 11.9 Å². The molecule has 1 aliphatic carbocycles. The Morgan fingerprint density at radius 2 is 2.07 bits per heavy atom. The van der Waals surface area contributed by atoms with Crippen LogP contribution in [-0.2, 0) is 4.79 Å². The maximum atomic E-state index is 11.7. The van der Waals surface area contributed by atoms with Crippen molar-refractivity contribution < 1.29 is 4.79 Å². The van der Waals surface area contributed by atoms with E-state index in [9.17, 15) is 4.79 Å². The van der Waals surface area contributed by atoms with Crippen molar-refractivity contribution >= 4 is 5.91 Å². The van der Waals surface area contributed by atoms with E-state index >= 15 is 0 Å². The van der Waals surface area contributed by atoms with Crippen LogP contribution in [0.5, 0.6) is 0 Å². The van der Waals surface area contributed by atoms with E-state index in [0.29, 0.717) is 12.0 Å². The fourth-order valence-electron chi connectivity index (χ4n) is 1.61. The van der Waals surface area contributed by atoms with Crippen LogP contribution >= 0.6 is 0 Å². The van der Waals surface area contributed by atoms with Crippen molar-refractivity contribution in [1.82, 2.24) is 5.32 Å². The van der Waals surface area contributed by atoms with Crippen molar-refractivity contribution in [2.24, 2.45) is 11.7 Å². The van der Waals surface area contributed by atoms with Gasteiger partial charge < -0.3 is 11.1 Å². The highest BCUT2D eigenvalue weighted by molar-refractivity contribution is 5.83. The van der Waals surface area contributed by atoms with Crippen molar-refractivity contribution in [1.29, 1.82) is 0 Å². The molecule has 0 saturated heterocycles. The van der Waals surface area contributed by atoms with Gasteiger partial charge >= 0.3 is 0 Å². The van der Waals surface area contributed by atoms with Crippen molar-refractivity contribution in [2.45, 2.75) is 25.4 Å². The molecule has 3 heteroatoms. The van der Waals surface area contributed by atoms with Crippen molar-refractivity contribution in [3.8, 4) is 0 Å². The number of nitrogens with two attached hydrogens (primary N) is 1. The highest BCUT2D eigenvalue weighted by Gasteiger charge is 2.34. The molecule has 0 heterocycles. The summed E-state index contributed by atoms with van der Waals surface area (Å²) >= 11 is 0. The van der Waals surface area contributed by atoms with E-state index in [1.165, 1.54) is 0 Å². The third-order valence-electron chi connectivity index (χ3n) is 2.88. The molecule has 0 radical (unpaired) electrons. The summed E-state index contributed by atoms with van der Waals surface area (Å²) in [6, 6.07) is 9.24. The van der Waals surface area contributed by atoms with Gasteiger partial charge in [0.05, 0.1) is 0 Å². The van der Waals surface area contributed by atoms with Gasteiger partial charge in [-0.1, -0.05) is 37.3 Å². The summed E-state index contributed by atoms with van der Waals surface area (Å²) in [5.41, 5.74) is 6.71. The topological polar surface area (TPSA) is 55.1 Å². The lowest BCUT2D eigenvalue weighted by Gasteiger charge is -2.11. The van der Waals surface area contributed by atoms with Gasteiger partial charge in [0, 0.05) is 6.04 Å². The molecule has 1 fully saturated rings. The van der Waals surface area contributed by atoms with Gasteiger partial charge in [0.1, 0.15) is 6.04 Å². The van der Waals surface area contributed by atoms with Crippen LogP contribution in [0.15, 0.2) is 30.3 Å². The number of amides is 1. The van der Waals surface area contributed by atoms with Crippen molar-refractivity contribution in [2.75, 3.05) is 0 Å². The van der Waals surface area contributed by atoms with Crippen LogP contribution < -0.4 is 11.1 Å². The lowest BCUT2D eigenvalue weighted by Crippen LogP contribution is -2.35. The Balaban J connectivity index is 1.95. The van der Waals surface area contributed by atoms with Crippen LogP contribution in [0.3, 0.4) is 0 Å². The molecular formula is C12H16N2O. The second kappa shape index (κ2) is 4.03. The van der Waals surface area contributed by atoms with Gasteiger partial charge in [-0.3, -0.25) is 4.79 Å². The molecule has 0 aliphatic heterocycles. The van der Waals surface area contributed by atoms with Crippen LogP contribution in [0.1, 0.15) is 24.9 Å². The minimum absolute atomic E-state index is 0.0736. The smallest absolute Gasteiger partial charge is 0.241 e. The molecule has 0 bridgehead atoms. The molecule has 1 aromatic rings. The highest BCUT2D eigenvalue weighted by Crippen LogP contribution is 2.29. The number of nitrogens with one attached hydrogen (secondary N) is 1. The predicted molar refractivity (Wildman–Crippen MR) is 59.1 cm³/mol. The second-order valence-corrected chi connectivity index (χ2v) is 4.22. The quantitative estimate of drug-likeness (QED) is 0.777. The Labute approximate surface area is 89.7 Å². The average molecular weight is 204 g/mol. The van der Waals surface area contributed by atoms with E-state index in [4.69, 9.17) is 5.73 Å². The first-order chi connectivity index (χ1) is 7.18. The van der Waals surface area contributed by atoms with Crippen molar-refractivity contribution in [3.05, 3.63) is 35.9 Å². The Morgan fingerprint density at radius 3 is 2.60 bits per heavy atom. The monoisotopic (exact) mass is 204 g/mol. The van der Waals surface area contributed by atoms with Crippen molar-refractivity contribution in [3.63, 3.8) is 0 Å². The van der Waals surface area contributed by atoms with Gasteiger partial charge in [-0.15, -0.1) is 0 Å². The Kier molecular flexibility index (Phi) is 2.73. The van der Waals surface area contributed by atoms with Gasteiger partial charge in [-0.2, -0.15) is 0 Å². The molecule has 3 N–H and O–H groups in total. The maximum Gasteiger partial charge on any atom is 0.241 e. The lowest BCUT2D eigenvalue weighted by molar-refractivity contribution is -0.122. The third-order valence-corrected chi connectivity index (χ3v) is 2.88. The lowest BCUT2D eigenvalue weighted by atomic mass is 10.1. The molecule has 3 nitrogen and oxygen atoms in total. The SMILES string of the molecule is CC1CC1NC(=O)C(N)c1ccccc1. The Bertz CT molecular complexity index is 350. The Hall–Kier alpha value is -1.35. The number of carbonyl (C=O) groups excluding carboxylic acids is 1. The predicted octanol–water partition coefficient (Wildman–Crippen LogP) is 1.21. The minimum atomic E-state index is -0.543. The standard InChI is InChI=1S/C12H16N2O/c1-8-7-10(8)14-12(15)11(13)9-5-3-2-4-6-9/h2-6,8,10-11H,7,13H2,1H3,(H,14,15). The highest BCUT2D eigenvalue weighted by atomic mass is 16.2. The zero-order valence-corrected chi connectivity index (χ0v) is 8.81. The fourth-order valence-corrected chi connectivity index (χ4v) is 1.61. The Morgan fingerprint density at radius 1 is 1.47 bits per heavy atom. The first kappa shape index (κ1) is 10.2. The molecular weight excluding hydrogens is 188 g/mol. The molecule has 1 aliphatic rings. The van der Waals surface area contributed by atoms with E-state index in [-0.39, 0.29) is 5.91 Å². The largest absolute Gasteiger partial charge is 0.351 e. The first-order valence-electron chi connectivity index (χ1n) is 5.29. The summed E-state index contributed by atoms with van der Waals surface area (Å²) in [7, 11) is 0. The van der Waals surface area contributed by atoms with Crippen LogP contribution in [0.25, 0.3) is 0 Å². The number of rotatable bonds is 3. The van der Waals surface area contributed by atoms with Gasteiger partial charge in [0.25, 0.3) is 0 Å². The number of hydrogen-bond donors (Lipinski definition) is 2. The molecule has 80 valence electrons. The van der Waals surface area contributed by atoms with E-state index in [1.807, 2.05) is 30.3 Å². The molecule has 2 rings (SSSR count). The molecule has 0 spiro atoms. The zero-order valence-electron chi connectivity index (χ0n) is 8.81. The summed E-state index contributed by atoms with van der Waals surface area (Å²) in [4.78, 5) is 11.7. The summed E-state index contributed by atoms with van der Waals surface area (Å²) in [5.74, 6) is 0.535. The number of hydrogen-bond acceptors (Lipinski definition) is 2. The number of carbonyl (C=O) groups is 1. The van der Waals surface area contributed by atoms with E-state index in [0.717, 1.165) is 12.0 Å². The van der Waals surface area contributed by atoms with E-state index in [2.05, 4.69) is 12.2 Å². The fraction of sp³-hybridized carbons (Fsp3) is 0.417. The molecule has 1 aromatic carbocycles. The van der Waals surface area contributed by atoms with Crippen LogP contribution in [0.4, 0.5) is 0 Å². The molecule has 1 amide bonds. The normalized spacial score (nSPS) is 25.7. The molecule has 3 atom stereocenters. The summed E-state index contributed by atoms with van der Waals surface area (Å²) in [6.07, 6.45) is 1.08. The molecule has 3 unspecified atom stereocenters. The zero-order chi connectivity index (χ0) is 10.8.